The largest absolute Gasteiger partial charge is 0.456 e. The Morgan fingerprint density at radius 3 is 2.71 bits per heavy atom. The number of esters is 1. The molecule has 0 saturated carbocycles. The van der Waals surface area contributed by atoms with E-state index in [1.54, 1.807) is 0 Å². The van der Waals surface area contributed by atoms with Gasteiger partial charge in [-0.25, -0.2) is 4.79 Å². The van der Waals surface area contributed by atoms with Crippen molar-refractivity contribution in [3.05, 3.63) is 50.7 Å². The fraction of sp³-hybridized carbons (Fsp3) is 0.333. The van der Waals surface area contributed by atoms with Crippen LogP contribution in [0.4, 0.5) is 5.69 Å². The van der Waals surface area contributed by atoms with Crippen molar-refractivity contribution in [3.63, 3.8) is 0 Å². The van der Waals surface area contributed by atoms with Crippen LogP contribution < -0.4 is 5.73 Å². The first kappa shape index (κ1) is 16.4. The summed E-state index contributed by atoms with van der Waals surface area (Å²) in [5.74, 6) is -1.05. The molecule has 0 aromatic heterocycles. The second kappa shape index (κ2) is 6.21. The highest BCUT2D eigenvalue weighted by molar-refractivity contribution is 6.32. The molecule has 0 spiro atoms. The van der Waals surface area contributed by atoms with Gasteiger partial charge in [0.15, 0.2) is 0 Å². The Hall–Kier alpha value is -2.45. The lowest BCUT2D eigenvalue weighted by Crippen LogP contribution is -2.69. The summed E-state index contributed by atoms with van der Waals surface area (Å²) in [6.45, 7) is -0.0801. The van der Waals surface area contributed by atoms with Gasteiger partial charge in [-0.15, -0.1) is 0 Å². The third-order valence-electron chi connectivity index (χ3n) is 4.14. The normalized spacial score (nSPS) is 22.8. The Kier molecular flexibility index (Phi) is 4.25. The standard InChI is InChI=1S/C15H14ClN3O5/c16-10-5-6-11-12(17)14(20)18(11)13(10)15(21)24-7-8-1-3-9(4-2-8)19(22)23/h1-4,11-12H,5-7,17H2/t11-,12+/m1/s1. The van der Waals surface area contributed by atoms with Crippen molar-refractivity contribution in [3.8, 4) is 0 Å². The zero-order chi connectivity index (χ0) is 17.4. The summed E-state index contributed by atoms with van der Waals surface area (Å²) in [7, 11) is 0. The van der Waals surface area contributed by atoms with E-state index in [0.29, 0.717) is 18.4 Å². The quantitative estimate of drug-likeness (QED) is 0.379. The van der Waals surface area contributed by atoms with E-state index >= 15 is 0 Å². The smallest absolute Gasteiger partial charge is 0.356 e. The average molecular weight is 352 g/mol. The molecule has 2 heterocycles. The van der Waals surface area contributed by atoms with Crippen LogP contribution in [0, 0.1) is 10.1 Å². The average Bonchev–Trinajstić information content (AvgIpc) is 2.59. The number of allylic oxidation sites excluding steroid dienone is 1. The van der Waals surface area contributed by atoms with Gasteiger partial charge in [-0.05, 0) is 30.5 Å². The van der Waals surface area contributed by atoms with Crippen molar-refractivity contribution in [2.45, 2.75) is 31.5 Å². The number of β-lactam (4-membered cyclic amide) rings is 1. The number of carbonyl (C=O) groups is 2. The van der Waals surface area contributed by atoms with Gasteiger partial charge < -0.3 is 10.5 Å². The summed E-state index contributed by atoms with van der Waals surface area (Å²) in [5, 5.41) is 10.9. The third kappa shape index (κ3) is 2.74. The highest BCUT2D eigenvalue weighted by Gasteiger charge is 2.51. The van der Waals surface area contributed by atoms with Crippen LogP contribution >= 0.6 is 11.6 Å². The van der Waals surface area contributed by atoms with Crippen LogP contribution in [-0.2, 0) is 20.9 Å². The number of nitrogens with zero attached hydrogens (tertiary/aromatic N) is 2. The van der Waals surface area contributed by atoms with Gasteiger partial charge in [0.05, 0.1) is 11.0 Å². The molecule has 0 radical (unpaired) electrons. The summed E-state index contributed by atoms with van der Waals surface area (Å²) in [5.41, 5.74) is 6.30. The molecule has 3 rings (SSSR count). The van der Waals surface area contributed by atoms with E-state index in [0.717, 1.165) is 0 Å². The first-order valence-electron chi connectivity index (χ1n) is 7.28. The molecule has 0 aliphatic carbocycles. The van der Waals surface area contributed by atoms with E-state index in [1.807, 2.05) is 0 Å². The van der Waals surface area contributed by atoms with Crippen LogP contribution in [0.25, 0.3) is 0 Å². The molecule has 0 unspecified atom stereocenters. The summed E-state index contributed by atoms with van der Waals surface area (Å²) in [6, 6.07) is 4.81. The van der Waals surface area contributed by atoms with Gasteiger partial charge in [-0.1, -0.05) is 11.6 Å². The zero-order valence-corrected chi connectivity index (χ0v) is 13.2. The minimum atomic E-state index is -0.705. The molecular formula is C15H14ClN3O5. The number of benzene rings is 1. The number of hydrogen-bond donors (Lipinski definition) is 1. The number of rotatable bonds is 4. The van der Waals surface area contributed by atoms with Gasteiger partial charge in [0.2, 0.25) is 5.91 Å². The molecule has 0 bridgehead atoms. The van der Waals surface area contributed by atoms with E-state index < -0.39 is 16.9 Å². The molecule has 1 saturated heterocycles. The number of halogens is 1. The minimum Gasteiger partial charge on any atom is -0.456 e. The number of hydrogen-bond acceptors (Lipinski definition) is 6. The van der Waals surface area contributed by atoms with E-state index in [2.05, 4.69) is 0 Å². The highest BCUT2D eigenvalue weighted by atomic mass is 35.5. The van der Waals surface area contributed by atoms with Gasteiger partial charge in [-0.3, -0.25) is 19.8 Å². The van der Waals surface area contributed by atoms with E-state index in [4.69, 9.17) is 22.1 Å². The van der Waals surface area contributed by atoms with Crippen LogP contribution in [0.2, 0.25) is 0 Å². The minimum absolute atomic E-state index is 0.0431. The van der Waals surface area contributed by atoms with Gasteiger partial charge in [0.25, 0.3) is 5.69 Å². The summed E-state index contributed by atoms with van der Waals surface area (Å²) >= 11 is 6.09. The molecular weight excluding hydrogens is 338 g/mol. The molecule has 2 aliphatic rings. The van der Waals surface area contributed by atoms with E-state index in [1.165, 1.54) is 29.2 Å². The van der Waals surface area contributed by atoms with Gasteiger partial charge in [0.1, 0.15) is 18.3 Å². The van der Waals surface area contributed by atoms with Crippen molar-refractivity contribution in [1.29, 1.82) is 0 Å². The van der Waals surface area contributed by atoms with Gasteiger partial charge >= 0.3 is 5.97 Å². The first-order valence-corrected chi connectivity index (χ1v) is 7.65. The topological polar surface area (TPSA) is 116 Å². The maximum atomic E-state index is 12.3. The fourth-order valence-corrected chi connectivity index (χ4v) is 3.09. The number of carbonyl (C=O) groups excluding carboxylic acids is 2. The molecule has 1 aromatic carbocycles. The number of fused-ring (bicyclic) bond motifs is 1. The van der Waals surface area contributed by atoms with Crippen molar-refractivity contribution in [2.75, 3.05) is 0 Å². The van der Waals surface area contributed by atoms with E-state index in [-0.39, 0.29) is 35.0 Å². The molecule has 9 heteroatoms. The van der Waals surface area contributed by atoms with Gasteiger partial charge in [-0.2, -0.15) is 0 Å². The number of nitro benzene ring substituents is 1. The third-order valence-corrected chi connectivity index (χ3v) is 4.50. The number of ether oxygens (including phenoxy) is 1. The van der Waals surface area contributed by atoms with Crippen LogP contribution in [0.3, 0.4) is 0 Å². The number of nitro groups is 1. The van der Waals surface area contributed by atoms with Gasteiger partial charge in [0, 0.05) is 17.2 Å². The van der Waals surface area contributed by atoms with Crippen LogP contribution in [0.5, 0.6) is 0 Å². The fourth-order valence-electron chi connectivity index (χ4n) is 2.82. The lowest BCUT2D eigenvalue weighted by Gasteiger charge is -2.48. The Morgan fingerprint density at radius 1 is 1.42 bits per heavy atom. The maximum absolute atomic E-state index is 12.3. The van der Waals surface area contributed by atoms with Crippen molar-refractivity contribution in [2.24, 2.45) is 5.73 Å². The second-order valence-electron chi connectivity index (χ2n) is 5.59. The Balaban J connectivity index is 1.68. The predicted octanol–water partition coefficient (Wildman–Crippen LogP) is 1.42. The van der Waals surface area contributed by atoms with Crippen molar-refractivity contribution >= 4 is 29.2 Å². The SMILES string of the molecule is N[C@@H]1C(=O)N2C(C(=O)OCc3ccc([N+](=O)[O-])cc3)=C(Cl)CC[C@H]12. The Bertz CT molecular complexity index is 746. The molecule has 2 N–H and O–H groups in total. The lowest BCUT2D eigenvalue weighted by molar-refractivity contribution is -0.384. The van der Waals surface area contributed by atoms with Crippen molar-refractivity contribution < 1.29 is 19.2 Å². The van der Waals surface area contributed by atoms with E-state index in [9.17, 15) is 19.7 Å². The maximum Gasteiger partial charge on any atom is 0.356 e. The number of non-ortho nitro benzene ring substituents is 1. The monoisotopic (exact) mass is 351 g/mol. The molecule has 1 amide bonds. The molecule has 1 fully saturated rings. The number of nitrogens with two attached hydrogens (primary N) is 1. The molecule has 2 aliphatic heterocycles. The molecule has 8 nitrogen and oxygen atoms in total. The molecule has 1 aromatic rings. The van der Waals surface area contributed by atoms with Crippen molar-refractivity contribution in [1.82, 2.24) is 4.90 Å². The highest BCUT2D eigenvalue weighted by Crippen LogP contribution is 2.37. The number of amides is 1. The summed E-state index contributed by atoms with van der Waals surface area (Å²) in [6.07, 6.45) is 1.08. The Morgan fingerprint density at radius 2 is 2.08 bits per heavy atom. The zero-order valence-electron chi connectivity index (χ0n) is 12.5. The Labute approximate surface area is 142 Å². The lowest BCUT2D eigenvalue weighted by atomic mass is 9.87. The van der Waals surface area contributed by atoms with Crippen LogP contribution in [0.1, 0.15) is 18.4 Å². The second-order valence-corrected chi connectivity index (χ2v) is 6.05. The summed E-state index contributed by atoms with van der Waals surface area (Å²) in [4.78, 5) is 35.6. The molecule has 2 atom stereocenters. The molecule has 24 heavy (non-hydrogen) atoms. The first-order chi connectivity index (χ1) is 11.4. The van der Waals surface area contributed by atoms with Crippen LogP contribution in [-0.4, -0.2) is 33.8 Å². The summed E-state index contributed by atoms with van der Waals surface area (Å²) < 4.78 is 5.19. The van der Waals surface area contributed by atoms with Crippen LogP contribution in [0.15, 0.2) is 35.0 Å². The predicted molar refractivity (Wildman–Crippen MR) is 83.6 cm³/mol. The molecule has 126 valence electrons.